The number of nitrogens with one attached hydrogen (secondary N) is 1. The average molecular weight is 306 g/mol. The Bertz CT molecular complexity index is 362. The van der Waals surface area contributed by atoms with Crippen molar-refractivity contribution >= 4 is 23.8 Å². The first-order valence-corrected chi connectivity index (χ1v) is 6.25. The number of nitrogens with zero attached hydrogens (tertiary/aromatic N) is 2. The molecule has 1 aromatic rings. The molecule has 0 unspecified atom stereocenters. The highest BCUT2D eigenvalue weighted by Crippen LogP contribution is 2.16. The van der Waals surface area contributed by atoms with Gasteiger partial charge in [0.05, 0.1) is 18.0 Å². The fourth-order valence-corrected chi connectivity index (χ4v) is 2.16. The molecular formula is C13H23Cl2N4-. The summed E-state index contributed by atoms with van der Waals surface area (Å²) in [6.45, 7) is 5.63. The molecule has 0 aliphatic carbocycles. The molecule has 1 aromatic carbocycles. The van der Waals surface area contributed by atoms with Crippen molar-refractivity contribution in [2.24, 2.45) is 0 Å². The maximum absolute atomic E-state index is 5.86. The summed E-state index contributed by atoms with van der Waals surface area (Å²) in [5.74, 6) is 0. The van der Waals surface area contributed by atoms with Crippen LogP contribution in [0.15, 0.2) is 24.3 Å². The van der Waals surface area contributed by atoms with Crippen molar-refractivity contribution in [1.29, 1.82) is 0 Å². The van der Waals surface area contributed by atoms with E-state index >= 15 is 0 Å². The Morgan fingerprint density at radius 1 is 1.26 bits per heavy atom. The molecule has 3 N–H and O–H groups in total. The van der Waals surface area contributed by atoms with Gasteiger partial charge in [0.25, 0.3) is 0 Å². The molecule has 2 rings (SSSR count). The molecule has 1 aliphatic heterocycles. The second-order valence-electron chi connectivity index (χ2n) is 4.71. The van der Waals surface area contributed by atoms with Gasteiger partial charge in [-0.1, -0.05) is 12.1 Å². The molecule has 0 saturated carbocycles. The van der Waals surface area contributed by atoms with Gasteiger partial charge in [-0.25, -0.2) is 0 Å². The van der Waals surface area contributed by atoms with Crippen molar-refractivity contribution in [2.75, 3.05) is 50.9 Å². The van der Waals surface area contributed by atoms with Gasteiger partial charge in [-0.3, -0.25) is 9.80 Å². The van der Waals surface area contributed by atoms with Crippen molar-refractivity contribution in [3.05, 3.63) is 24.3 Å². The molecule has 1 fully saturated rings. The monoisotopic (exact) mass is 305 g/mol. The summed E-state index contributed by atoms with van der Waals surface area (Å²) < 4.78 is 0. The minimum Gasteiger partial charge on any atom is -1.00 e. The normalized spacial score (nSPS) is 15.6. The van der Waals surface area contributed by atoms with Crippen molar-refractivity contribution in [3.63, 3.8) is 0 Å². The summed E-state index contributed by atoms with van der Waals surface area (Å²) in [5.41, 5.74) is 7.74. The van der Waals surface area contributed by atoms with Crippen molar-refractivity contribution < 1.29 is 12.4 Å². The third-order valence-corrected chi connectivity index (χ3v) is 3.17. The molecule has 0 radical (unpaired) electrons. The van der Waals surface area contributed by atoms with Gasteiger partial charge in [0.2, 0.25) is 0 Å². The Morgan fingerprint density at radius 2 is 2.00 bits per heavy atom. The van der Waals surface area contributed by atoms with Crippen LogP contribution in [0.5, 0.6) is 0 Å². The first-order valence-electron chi connectivity index (χ1n) is 6.25. The van der Waals surface area contributed by atoms with E-state index in [1.165, 1.54) is 13.1 Å². The number of nitrogens with two attached hydrogens (primary N) is 1. The predicted octanol–water partition coefficient (Wildman–Crippen LogP) is -1.30. The lowest BCUT2D eigenvalue weighted by Gasteiger charge is -2.15. The molecule has 0 spiro atoms. The van der Waals surface area contributed by atoms with E-state index in [-0.39, 0.29) is 24.8 Å². The number of benzene rings is 1. The first-order chi connectivity index (χ1) is 8.25. The van der Waals surface area contributed by atoms with Gasteiger partial charge in [-0.2, -0.15) is 0 Å². The lowest BCUT2D eigenvalue weighted by molar-refractivity contribution is -0.00000373. The van der Waals surface area contributed by atoms with Crippen LogP contribution in [0.1, 0.15) is 6.42 Å². The number of rotatable bonds is 5. The Balaban J connectivity index is 0.00000162. The molecule has 1 aliphatic rings. The van der Waals surface area contributed by atoms with Crippen LogP contribution in [0.25, 0.3) is 0 Å². The fourth-order valence-electron chi connectivity index (χ4n) is 2.16. The lowest BCUT2D eigenvalue weighted by atomic mass is 10.2. The average Bonchev–Trinajstić information content (AvgIpc) is 2.73. The smallest absolute Gasteiger partial charge is 0.0573 e. The van der Waals surface area contributed by atoms with Gasteiger partial charge in [-0.15, -0.1) is 12.4 Å². The molecule has 6 heteroatoms. The topological polar surface area (TPSA) is 44.5 Å². The summed E-state index contributed by atoms with van der Waals surface area (Å²) >= 11 is 0. The number of hydrogen-bond donors (Lipinski definition) is 2. The number of halogens is 2. The molecule has 0 bridgehead atoms. The Kier molecular flexibility index (Phi) is 8.93. The highest BCUT2D eigenvalue weighted by atomic mass is 35.5. The fraction of sp³-hybridized carbons (Fsp3) is 0.538. The van der Waals surface area contributed by atoms with Crippen LogP contribution in [0.3, 0.4) is 0 Å². The van der Waals surface area contributed by atoms with E-state index in [9.17, 15) is 0 Å². The Labute approximate surface area is 128 Å². The molecule has 1 saturated heterocycles. The Hall–Kier alpha value is -0.680. The van der Waals surface area contributed by atoms with E-state index in [0.717, 1.165) is 37.6 Å². The number of nitrogen functional groups attached to an aromatic ring is 1. The van der Waals surface area contributed by atoms with Gasteiger partial charge in [0.1, 0.15) is 0 Å². The van der Waals surface area contributed by atoms with Gasteiger partial charge >= 0.3 is 0 Å². The largest absolute Gasteiger partial charge is 1.00 e. The molecule has 1 heterocycles. The van der Waals surface area contributed by atoms with Crippen LogP contribution in [-0.4, -0.2) is 49.7 Å². The second-order valence-corrected chi connectivity index (χ2v) is 4.71. The lowest BCUT2D eigenvalue weighted by Crippen LogP contribution is -3.00. The van der Waals surface area contributed by atoms with Crippen molar-refractivity contribution in [3.8, 4) is 0 Å². The van der Waals surface area contributed by atoms with Gasteiger partial charge in [0, 0.05) is 26.2 Å². The van der Waals surface area contributed by atoms with Crippen LogP contribution in [-0.2, 0) is 0 Å². The van der Waals surface area contributed by atoms with Crippen LogP contribution >= 0.6 is 12.4 Å². The third kappa shape index (κ3) is 5.87. The number of likely N-dealkylation sites (N-methyl/N-ethyl adjacent to an activating group) is 1. The van der Waals surface area contributed by atoms with E-state index in [1.807, 2.05) is 24.3 Å². The summed E-state index contributed by atoms with van der Waals surface area (Å²) in [6, 6.07) is 7.92. The zero-order valence-corrected chi connectivity index (χ0v) is 12.9. The van der Waals surface area contributed by atoms with Crippen LogP contribution in [0.4, 0.5) is 11.4 Å². The highest BCUT2D eigenvalue weighted by molar-refractivity contribution is 5.85. The second kappa shape index (κ2) is 9.26. The summed E-state index contributed by atoms with van der Waals surface area (Å²) in [7, 11) is 2.17. The van der Waals surface area contributed by atoms with Gasteiger partial charge in [-0.05, 0) is 25.6 Å². The number of hydrogen-bond acceptors (Lipinski definition) is 4. The predicted molar refractivity (Wildman–Crippen MR) is 80.3 cm³/mol. The van der Waals surface area contributed by atoms with Crippen LogP contribution in [0, 0.1) is 0 Å². The molecule has 0 atom stereocenters. The van der Waals surface area contributed by atoms with E-state index in [4.69, 9.17) is 5.73 Å². The van der Waals surface area contributed by atoms with Crippen molar-refractivity contribution in [1.82, 2.24) is 9.80 Å². The Morgan fingerprint density at radius 3 is 2.63 bits per heavy atom. The molecule has 0 aromatic heterocycles. The minimum atomic E-state index is 0. The quantitative estimate of drug-likeness (QED) is 0.524. The molecule has 19 heavy (non-hydrogen) atoms. The zero-order valence-electron chi connectivity index (χ0n) is 11.3. The van der Waals surface area contributed by atoms with E-state index in [1.54, 1.807) is 0 Å². The number of para-hydroxylation sites is 2. The molecule has 110 valence electrons. The van der Waals surface area contributed by atoms with Gasteiger partial charge < -0.3 is 23.5 Å². The van der Waals surface area contributed by atoms with Crippen LogP contribution < -0.4 is 23.5 Å². The molecule has 4 nitrogen and oxygen atoms in total. The van der Waals surface area contributed by atoms with E-state index in [2.05, 4.69) is 22.2 Å². The van der Waals surface area contributed by atoms with Crippen molar-refractivity contribution in [2.45, 2.75) is 6.42 Å². The third-order valence-electron chi connectivity index (χ3n) is 3.17. The maximum atomic E-state index is 5.86. The summed E-state index contributed by atoms with van der Waals surface area (Å²) in [4.78, 5) is 4.83. The maximum Gasteiger partial charge on any atom is 0.0573 e. The molecule has 0 amide bonds. The summed E-state index contributed by atoms with van der Waals surface area (Å²) in [5, 5.41) is 3.38. The standard InChI is InChI=1S/C13H22N4.2ClH/c1-16-9-10-17(11-16)8-4-7-15-13-6-3-2-5-12(13)14;;/h2-3,5-6,15H,4,7-11,14H2,1H3;2*1H/p-1. The highest BCUT2D eigenvalue weighted by Gasteiger charge is 2.14. The SMILES string of the molecule is CN1CCN(CCCNc2ccccc2N)C1.Cl.[Cl-]. The molecular weight excluding hydrogens is 283 g/mol. The van der Waals surface area contributed by atoms with E-state index < -0.39 is 0 Å². The van der Waals surface area contributed by atoms with E-state index in [0.29, 0.717) is 0 Å². The number of anilines is 2. The summed E-state index contributed by atoms with van der Waals surface area (Å²) in [6.07, 6.45) is 1.15. The van der Waals surface area contributed by atoms with Crippen LogP contribution in [0.2, 0.25) is 0 Å². The zero-order chi connectivity index (χ0) is 12.1. The first kappa shape index (κ1) is 18.3. The van der Waals surface area contributed by atoms with Gasteiger partial charge in [0.15, 0.2) is 0 Å². The minimum absolute atomic E-state index is 0.